The number of aromatic amines is 2. The Labute approximate surface area is 182 Å². The number of nitrogens with one attached hydrogen (secondary N) is 5. The van der Waals surface area contributed by atoms with Crippen molar-refractivity contribution in [2.45, 2.75) is 43.9 Å². The number of nitrogens with two attached hydrogens (primary N) is 1. The van der Waals surface area contributed by atoms with E-state index in [0.29, 0.717) is 11.4 Å². The number of carboxylic acids is 1. The third-order valence-electron chi connectivity index (χ3n) is 4.43. The molecule has 0 aliphatic rings. The molecular weight excluding hydrogens is 424 g/mol. The quantitative estimate of drug-likeness (QED) is 0.162. The summed E-state index contributed by atoms with van der Waals surface area (Å²) in [6, 6.07) is -4.76. The van der Waals surface area contributed by atoms with Gasteiger partial charge in [-0.25, -0.2) is 14.8 Å². The number of nitrogens with zero attached hydrogens (tertiary/aromatic N) is 2. The van der Waals surface area contributed by atoms with Crippen molar-refractivity contribution in [3.05, 3.63) is 36.4 Å². The van der Waals surface area contributed by atoms with E-state index in [9.17, 15) is 24.3 Å². The van der Waals surface area contributed by atoms with E-state index in [-0.39, 0.29) is 12.8 Å². The molecular formula is C18H26N8O6. The second-order valence-corrected chi connectivity index (χ2v) is 7.05. The lowest BCUT2D eigenvalue weighted by Crippen LogP contribution is -2.58. The molecule has 9 N–H and O–H groups in total. The number of imidazole rings is 2. The van der Waals surface area contributed by atoms with E-state index in [4.69, 9.17) is 10.8 Å². The maximum Gasteiger partial charge on any atom is 0.328 e. The Morgan fingerprint density at radius 2 is 1.34 bits per heavy atom. The summed E-state index contributed by atoms with van der Waals surface area (Å²) in [6.45, 7) is 0.620. The number of hydrogen-bond donors (Lipinski definition) is 8. The Bertz CT molecular complexity index is 899. The molecule has 0 bridgehead atoms. The van der Waals surface area contributed by atoms with Crippen molar-refractivity contribution in [2.75, 3.05) is 6.61 Å². The van der Waals surface area contributed by atoms with Gasteiger partial charge in [0.2, 0.25) is 17.7 Å². The van der Waals surface area contributed by atoms with Crippen molar-refractivity contribution >= 4 is 23.7 Å². The van der Waals surface area contributed by atoms with Crippen molar-refractivity contribution in [1.29, 1.82) is 0 Å². The Hall–Kier alpha value is -3.78. The average molecular weight is 450 g/mol. The lowest BCUT2D eigenvalue weighted by atomic mass is 10.1. The van der Waals surface area contributed by atoms with Crippen LogP contribution in [0.3, 0.4) is 0 Å². The van der Waals surface area contributed by atoms with Crippen LogP contribution in [0.25, 0.3) is 0 Å². The fraction of sp³-hybridized carbons (Fsp3) is 0.444. The van der Waals surface area contributed by atoms with Crippen LogP contribution in [0.2, 0.25) is 0 Å². The van der Waals surface area contributed by atoms with Gasteiger partial charge in [-0.2, -0.15) is 0 Å². The van der Waals surface area contributed by atoms with Gasteiger partial charge in [0.1, 0.15) is 18.1 Å². The summed E-state index contributed by atoms with van der Waals surface area (Å²) in [4.78, 5) is 62.3. The Kier molecular flexibility index (Phi) is 8.85. The van der Waals surface area contributed by atoms with Crippen molar-refractivity contribution in [1.82, 2.24) is 35.9 Å². The minimum absolute atomic E-state index is 0.0388. The number of aliphatic hydroxyl groups excluding tert-OH is 1. The first-order chi connectivity index (χ1) is 15.2. The van der Waals surface area contributed by atoms with Crippen LogP contribution in [-0.2, 0) is 32.0 Å². The Morgan fingerprint density at radius 1 is 0.906 bits per heavy atom. The van der Waals surface area contributed by atoms with Gasteiger partial charge in [-0.3, -0.25) is 14.4 Å². The molecule has 4 atom stereocenters. The predicted molar refractivity (Wildman–Crippen MR) is 109 cm³/mol. The Morgan fingerprint density at radius 3 is 1.69 bits per heavy atom. The van der Waals surface area contributed by atoms with Crippen LogP contribution in [0.5, 0.6) is 0 Å². The molecule has 14 nitrogen and oxygen atoms in total. The van der Waals surface area contributed by atoms with Gasteiger partial charge in [0.05, 0.1) is 25.3 Å². The number of aromatic nitrogens is 4. The normalized spacial score (nSPS) is 14.6. The second-order valence-electron chi connectivity index (χ2n) is 7.05. The lowest BCUT2D eigenvalue weighted by molar-refractivity contribution is -0.143. The molecule has 0 saturated carbocycles. The molecule has 2 heterocycles. The summed E-state index contributed by atoms with van der Waals surface area (Å²) in [6.07, 6.45) is 5.69. The van der Waals surface area contributed by atoms with Gasteiger partial charge in [0.15, 0.2) is 0 Å². The number of carbonyl (C=O) groups is 4. The minimum atomic E-state index is -1.55. The van der Waals surface area contributed by atoms with Crippen molar-refractivity contribution in [3.63, 3.8) is 0 Å². The third-order valence-corrected chi connectivity index (χ3v) is 4.43. The summed E-state index contributed by atoms with van der Waals surface area (Å²) in [5.41, 5.74) is 6.62. The highest BCUT2D eigenvalue weighted by molar-refractivity contribution is 5.94. The van der Waals surface area contributed by atoms with Crippen molar-refractivity contribution < 1.29 is 29.4 Å². The molecule has 174 valence electrons. The van der Waals surface area contributed by atoms with Crippen LogP contribution >= 0.6 is 0 Å². The number of hydrogen-bond acceptors (Lipinski definition) is 8. The molecule has 0 aromatic carbocycles. The molecule has 0 spiro atoms. The van der Waals surface area contributed by atoms with E-state index in [0.717, 1.165) is 0 Å². The Balaban J connectivity index is 2.20. The van der Waals surface area contributed by atoms with Crippen LogP contribution < -0.4 is 21.7 Å². The van der Waals surface area contributed by atoms with E-state index < -0.39 is 54.5 Å². The maximum absolute atomic E-state index is 13.0. The van der Waals surface area contributed by atoms with Crippen LogP contribution in [0.15, 0.2) is 25.0 Å². The molecule has 3 amide bonds. The van der Waals surface area contributed by atoms with Gasteiger partial charge < -0.3 is 41.9 Å². The van der Waals surface area contributed by atoms with Gasteiger partial charge in [-0.1, -0.05) is 0 Å². The van der Waals surface area contributed by atoms with Gasteiger partial charge in [-0.15, -0.1) is 0 Å². The fourth-order valence-electron chi connectivity index (χ4n) is 2.68. The van der Waals surface area contributed by atoms with E-state index in [1.807, 2.05) is 0 Å². The number of carbonyl (C=O) groups excluding carboxylic acids is 3. The minimum Gasteiger partial charge on any atom is -0.480 e. The lowest BCUT2D eigenvalue weighted by Gasteiger charge is -2.24. The van der Waals surface area contributed by atoms with Gasteiger partial charge >= 0.3 is 5.97 Å². The first-order valence-corrected chi connectivity index (χ1v) is 9.66. The summed E-state index contributed by atoms with van der Waals surface area (Å²) < 4.78 is 0. The van der Waals surface area contributed by atoms with Gasteiger partial charge in [0, 0.05) is 36.6 Å². The number of amides is 3. The van der Waals surface area contributed by atoms with Crippen LogP contribution in [0.4, 0.5) is 0 Å². The summed E-state index contributed by atoms with van der Waals surface area (Å²) in [7, 11) is 0. The van der Waals surface area contributed by atoms with Crippen molar-refractivity contribution in [3.8, 4) is 0 Å². The molecule has 0 aliphatic heterocycles. The zero-order chi connectivity index (χ0) is 23.7. The van der Waals surface area contributed by atoms with Gasteiger partial charge in [-0.05, 0) is 6.92 Å². The smallest absolute Gasteiger partial charge is 0.328 e. The highest BCUT2D eigenvalue weighted by Gasteiger charge is 2.30. The molecule has 0 radical (unpaired) electrons. The monoisotopic (exact) mass is 450 g/mol. The van der Waals surface area contributed by atoms with Crippen LogP contribution in [0.1, 0.15) is 18.3 Å². The molecule has 0 fully saturated rings. The standard InChI is InChI=1S/C18H26N8O6/c1-9(19)15(28)24-12(2-10-4-20-7-22-10)16(29)25-13(3-11-5-21-8-23-11)17(30)26-14(6-27)18(31)32/h4-5,7-9,12-14,27H,2-3,6,19H2,1H3,(H,20,22)(H,21,23)(H,24,28)(H,25,29)(H,26,30)(H,31,32)/t9-,12-,13-,14-/m0/s1. The zero-order valence-electron chi connectivity index (χ0n) is 17.2. The summed E-state index contributed by atoms with van der Waals surface area (Å²) in [5, 5.41) is 25.5. The fourth-order valence-corrected chi connectivity index (χ4v) is 2.68. The number of carboxylic acid groups (broad SMARTS) is 1. The second kappa shape index (κ2) is 11.6. The molecule has 0 aliphatic carbocycles. The molecule has 2 aromatic rings. The first kappa shape index (κ1) is 24.5. The van der Waals surface area contributed by atoms with Crippen molar-refractivity contribution in [2.24, 2.45) is 5.73 Å². The predicted octanol–water partition coefficient (Wildman–Crippen LogP) is -3.20. The largest absolute Gasteiger partial charge is 0.480 e. The van der Waals surface area contributed by atoms with E-state index >= 15 is 0 Å². The molecule has 0 unspecified atom stereocenters. The number of aliphatic hydroxyl groups is 1. The molecule has 32 heavy (non-hydrogen) atoms. The molecule has 14 heteroatoms. The maximum atomic E-state index is 13.0. The summed E-state index contributed by atoms with van der Waals surface area (Å²) >= 11 is 0. The molecule has 2 rings (SSSR count). The molecule has 0 saturated heterocycles. The average Bonchev–Trinajstić information content (AvgIpc) is 3.44. The highest BCUT2D eigenvalue weighted by atomic mass is 16.4. The number of H-pyrrole nitrogens is 2. The summed E-state index contributed by atoms with van der Waals surface area (Å²) in [5.74, 6) is -3.56. The third kappa shape index (κ3) is 7.17. The number of aliphatic carboxylic acids is 1. The van der Waals surface area contributed by atoms with E-state index in [2.05, 4.69) is 35.9 Å². The highest BCUT2D eigenvalue weighted by Crippen LogP contribution is 2.04. The van der Waals surface area contributed by atoms with E-state index in [1.54, 1.807) is 0 Å². The first-order valence-electron chi connectivity index (χ1n) is 9.66. The van der Waals surface area contributed by atoms with E-state index in [1.165, 1.54) is 32.0 Å². The van der Waals surface area contributed by atoms with Crippen LogP contribution in [-0.4, -0.2) is 84.6 Å². The topological polar surface area (TPSA) is 228 Å². The molecule has 2 aromatic heterocycles. The van der Waals surface area contributed by atoms with Crippen LogP contribution in [0, 0.1) is 0 Å². The SMILES string of the molecule is C[C@H](N)C(=O)N[C@@H](Cc1cnc[nH]1)C(=O)N[C@@H](Cc1cnc[nH]1)C(=O)N[C@@H](CO)C(=O)O. The zero-order valence-corrected chi connectivity index (χ0v) is 17.2. The van der Waals surface area contributed by atoms with Gasteiger partial charge in [0.25, 0.3) is 0 Å². The number of rotatable bonds is 12.